The van der Waals surface area contributed by atoms with Gasteiger partial charge in [-0.3, -0.25) is 0 Å². The summed E-state index contributed by atoms with van der Waals surface area (Å²) in [5, 5.41) is 21.2. The number of nitrogens with zero attached hydrogens (tertiary/aromatic N) is 2. The highest BCUT2D eigenvalue weighted by molar-refractivity contribution is 5.56. The maximum atomic E-state index is 9.14. The van der Waals surface area contributed by atoms with Gasteiger partial charge in [0.15, 0.2) is 0 Å². The minimum absolute atomic E-state index is 0.344. The second-order valence-electron chi connectivity index (χ2n) is 3.98. The maximum Gasteiger partial charge on any atom is 0.144 e. The van der Waals surface area contributed by atoms with E-state index in [1.807, 2.05) is 19.9 Å². The zero-order valence-electron chi connectivity index (χ0n) is 9.91. The standard InChI is InChI=1S/C12H17N3O/c1-8-6-9(2)15-12(11(8)7-13)14-5-4-10(3)16/h6,10,16H,4-5H2,1-3H3,(H,14,15). The van der Waals surface area contributed by atoms with Crippen LogP contribution in [0.25, 0.3) is 0 Å². The van der Waals surface area contributed by atoms with Gasteiger partial charge in [0.2, 0.25) is 0 Å². The van der Waals surface area contributed by atoms with Crippen molar-refractivity contribution >= 4 is 5.82 Å². The van der Waals surface area contributed by atoms with Gasteiger partial charge in [0.1, 0.15) is 11.9 Å². The Bertz CT molecular complexity index is 407. The molecule has 0 fully saturated rings. The summed E-state index contributed by atoms with van der Waals surface area (Å²) in [5.41, 5.74) is 2.39. The Morgan fingerprint density at radius 3 is 2.81 bits per heavy atom. The molecule has 1 aromatic heterocycles. The quantitative estimate of drug-likeness (QED) is 0.809. The molecule has 1 atom stereocenters. The van der Waals surface area contributed by atoms with Crippen molar-refractivity contribution in [1.29, 1.82) is 5.26 Å². The summed E-state index contributed by atoms with van der Waals surface area (Å²) in [6.45, 7) is 6.14. The van der Waals surface area contributed by atoms with Crippen molar-refractivity contribution in [3.05, 3.63) is 22.9 Å². The Kier molecular flexibility index (Phi) is 4.27. The molecule has 1 aromatic rings. The van der Waals surface area contributed by atoms with Crippen molar-refractivity contribution in [1.82, 2.24) is 4.98 Å². The van der Waals surface area contributed by atoms with Crippen molar-refractivity contribution in [2.45, 2.75) is 33.3 Å². The zero-order chi connectivity index (χ0) is 12.1. The normalized spacial score (nSPS) is 11.9. The number of nitrogens with one attached hydrogen (secondary N) is 1. The van der Waals surface area contributed by atoms with E-state index in [-0.39, 0.29) is 6.10 Å². The molecule has 0 aliphatic rings. The Morgan fingerprint density at radius 2 is 2.25 bits per heavy atom. The molecule has 0 aliphatic heterocycles. The molecular formula is C12H17N3O. The van der Waals surface area contributed by atoms with Gasteiger partial charge in [0, 0.05) is 12.2 Å². The molecule has 0 saturated carbocycles. The fourth-order valence-corrected chi connectivity index (χ4v) is 1.51. The molecule has 0 spiro atoms. The summed E-state index contributed by atoms with van der Waals surface area (Å²) >= 11 is 0. The fourth-order valence-electron chi connectivity index (χ4n) is 1.51. The highest BCUT2D eigenvalue weighted by atomic mass is 16.3. The largest absolute Gasteiger partial charge is 0.393 e. The van der Waals surface area contributed by atoms with E-state index in [4.69, 9.17) is 10.4 Å². The van der Waals surface area contributed by atoms with Crippen LogP contribution >= 0.6 is 0 Å². The van der Waals surface area contributed by atoms with Gasteiger partial charge in [-0.2, -0.15) is 5.26 Å². The number of aliphatic hydroxyl groups excluding tert-OH is 1. The number of pyridine rings is 1. The number of anilines is 1. The van der Waals surface area contributed by atoms with Crippen LogP contribution in [0.3, 0.4) is 0 Å². The maximum absolute atomic E-state index is 9.14. The fraction of sp³-hybridized carbons (Fsp3) is 0.500. The van der Waals surface area contributed by atoms with Crippen LogP contribution in [-0.2, 0) is 0 Å². The molecule has 1 rings (SSSR count). The number of aromatic nitrogens is 1. The van der Waals surface area contributed by atoms with Crippen molar-refractivity contribution < 1.29 is 5.11 Å². The van der Waals surface area contributed by atoms with Gasteiger partial charge in [-0.25, -0.2) is 4.98 Å². The summed E-state index contributed by atoms with van der Waals surface area (Å²) in [5.74, 6) is 0.612. The van der Waals surface area contributed by atoms with E-state index in [0.29, 0.717) is 24.3 Å². The lowest BCUT2D eigenvalue weighted by molar-refractivity contribution is 0.188. The van der Waals surface area contributed by atoms with Crippen molar-refractivity contribution in [2.24, 2.45) is 0 Å². The first-order valence-electron chi connectivity index (χ1n) is 5.35. The number of nitriles is 1. The molecule has 2 N–H and O–H groups in total. The number of rotatable bonds is 4. The summed E-state index contributed by atoms with van der Waals surface area (Å²) in [6, 6.07) is 4.03. The third-order valence-electron chi connectivity index (χ3n) is 2.31. The second kappa shape index (κ2) is 5.47. The molecule has 0 radical (unpaired) electrons. The topological polar surface area (TPSA) is 68.9 Å². The highest BCUT2D eigenvalue weighted by Gasteiger charge is 2.07. The molecule has 1 unspecified atom stereocenters. The first-order chi connectivity index (χ1) is 7.54. The third kappa shape index (κ3) is 3.21. The predicted octanol–water partition coefficient (Wildman–Crippen LogP) is 1.75. The van der Waals surface area contributed by atoms with E-state index < -0.39 is 0 Å². The highest BCUT2D eigenvalue weighted by Crippen LogP contribution is 2.17. The monoisotopic (exact) mass is 219 g/mol. The zero-order valence-corrected chi connectivity index (χ0v) is 9.91. The van der Waals surface area contributed by atoms with E-state index in [1.165, 1.54) is 0 Å². The van der Waals surface area contributed by atoms with E-state index in [1.54, 1.807) is 6.92 Å². The molecule has 0 saturated heterocycles. The predicted molar refractivity (Wildman–Crippen MR) is 63.2 cm³/mol. The summed E-state index contributed by atoms with van der Waals surface area (Å²) in [6.07, 6.45) is 0.295. The van der Waals surface area contributed by atoms with Crippen LogP contribution in [-0.4, -0.2) is 22.7 Å². The van der Waals surface area contributed by atoms with Crippen LogP contribution in [0.2, 0.25) is 0 Å². The van der Waals surface area contributed by atoms with Gasteiger partial charge in [-0.05, 0) is 38.8 Å². The molecule has 4 heteroatoms. The average Bonchev–Trinajstić information content (AvgIpc) is 2.16. The molecule has 16 heavy (non-hydrogen) atoms. The molecule has 0 aromatic carbocycles. The molecule has 0 bridgehead atoms. The van der Waals surface area contributed by atoms with Crippen molar-refractivity contribution in [3.63, 3.8) is 0 Å². The molecular weight excluding hydrogens is 202 g/mol. The van der Waals surface area contributed by atoms with E-state index in [9.17, 15) is 0 Å². The Labute approximate surface area is 95.9 Å². The third-order valence-corrected chi connectivity index (χ3v) is 2.31. The lowest BCUT2D eigenvalue weighted by atomic mass is 10.1. The molecule has 4 nitrogen and oxygen atoms in total. The average molecular weight is 219 g/mol. The first-order valence-corrected chi connectivity index (χ1v) is 5.35. The molecule has 0 amide bonds. The SMILES string of the molecule is Cc1cc(C)c(C#N)c(NCCC(C)O)n1. The van der Waals surface area contributed by atoms with E-state index in [2.05, 4.69) is 16.4 Å². The van der Waals surface area contributed by atoms with Gasteiger partial charge in [-0.15, -0.1) is 0 Å². The summed E-state index contributed by atoms with van der Waals surface area (Å²) in [4.78, 5) is 4.29. The van der Waals surface area contributed by atoms with Crippen molar-refractivity contribution in [3.8, 4) is 6.07 Å². The molecule has 86 valence electrons. The number of hydrogen-bond donors (Lipinski definition) is 2. The lowest BCUT2D eigenvalue weighted by Crippen LogP contribution is -2.12. The Balaban J connectivity index is 2.82. The lowest BCUT2D eigenvalue weighted by Gasteiger charge is -2.10. The number of aliphatic hydroxyl groups is 1. The Hall–Kier alpha value is -1.60. The van der Waals surface area contributed by atoms with Crippen molar-refractivity contribution in [2.75, 3.05) is 11.9 Å². The van der Waals surface area contributed by atoms with Crippen LogP contribution in [0.1, 0.15) is 30.2 Å². The van der Waals surface area contributed by atoms with Crippen LogP contribution in [0, 0.1) is 25.2 Å². The van der Waals surface area contributed by atoms with Gasteiger partial charge in [0.25, 0.3) is 0 Å². The van der Waals surface area contributed by atoms with Crippen LogP contribution in [0.4, 0.5) is 5.82 Å². The van der Waals surface area contributed by atoms with Crippen LogP contribution in [0.15, 0.2) is 6.07 Å². The number of aryl methyl sites for hydroxylation is 2. The van der Waals surface area contributed by atoms with Gasteiger partial charge in [0.05, 0.1) is 11.7 Å². The minimum Gasteiger partial charge on any atom is -0.393 e. The minimum atomic E-state index is -0.344. The van der Waals surface area contributed by atoms with E-state index >= 15 is 0 Å². The second-order valence-corrected chi connectivity index (χ2v) is 3.98. The smallest absolute Gasteiger partial charge is 0.144 e. The number of hydrogen-bond acceptors (Lipinski definition) is 4. The summed E-state index contributed by atoms with van der Waals surface area (Å²) < 4.78 is 0. The molecule has 1 heterocycles. The van der Waals surface area contributed by atoms with E-state index in [0.717, 1.165) is 11.3 Å². The van der Waals surface area contributed by atoms with Crippen LogP contribution in [0.5, 0.6) is 0 Å². The van der Waals surface area contributed by atoms with Crippen LogP contribution < -0.4 is 5.32 Å². The Morgan fingerprint density at radius 1 is 1.56 bits per heavy atom. The van der Waals surface area contributed by atoms with Gasteiger partial charge < -0.3 is 10.4 Å². The molecule has 0 aliphatic carbocycles. The summed E-state index contributed by atoms with van der Waals surface area (Å²) in [7, 11) is 0. The van der Waals surface area contributed by atoms with Gasteiger partial charge in [-0.1, -0.05) is 0 Å². The van der Waals surface area contributed by atoms with Gasteiger partial charge >= 0.3 is 0 Å². The first kappa shape index (κ1) is 12.5.